The van der Waals surface area contributed by atoms with Gasteiger partial charge in [0.2, 0.25) is 0 Å². The number of ether oxygens (including phenoxy) is 1. The standard InChI is InChI=1S/C24H28O3/c1-24(2)21(14-18-10-6-7-11-18)22(24)23(25)27-16-19-13-20(26-15-19)12-17-8-4-3-5-9-17/h3-5,8-9,13-15,21-22H,6-7,10-12,16H2,1-2H3. The molecule has 2 unspecified atom stereocenters. The van der Waals surface area contributed by atoms with Crippen molar-refractivity contribution in [2.75, 3.05) is 0 Å². The van der Waals surface area contributed by atoms with Crippen LogP contribution in [0.3, 0.4) is 0 Å². The van der Waals surface area contributed by atoms with Gasteiger partial charge in [0.1, 0.15) is 12.4 Å². The van der Waals surface area contributed by atoms with Crippen LogP contribution in [0.15, 0.2) is 58.7 Å². The highest BCUT2D eigenvalue weighted by atomic mass is 16.5. The molecule has 2 aliphatic carbocycles. The van der Waals surface area contributed by atoms with Crippen molar-refractivity contribution in [3.05, 3.63) is 71.2 Å². The van der Waals surface area contributed by atoms with Crippen LogP contribution in [0, 0.1) is 17.3 Å². The lowest BCUT2D eigenvalue weighted by Gasteiger charge is -2.03. The lowest BCUT2D eigenvalue weighted by Crippen LogP contribution is -2.10. The fraction of sp³-hybridized carbons (Fsp3) is 0.458. The molecule has 0 amide bonds. The Hall–Kier alpha value is -2.29. The monoisotopic (exact) mass is 364 g/mol. The molecule has 2 saturated carbocycles. The van der Waals surface area contributed by atoms with Crippen LogP contribution in [0.5, 0.6) is 0 Å². The summed E-state index contributed by atoms with van der Waals surface area (Å²) in [4.78, 5) is 12.6. The Labute approximate surface area is 161 Å². The molecule has 2 aromatic rings. The summed E-state index contributed by atoms with van der Waals surface area (Å²) in [6.07, 6.45) is 9.79. The summed E-state index contributed by atoms with van der Waals surface area (Å²) in [6, 6.07) is 12.2. The first-order valence-corrected chi connectivity index (χ1v) is 10.0. The Morgan fingerprint density at radius 3 is 2.67 bits per heavy atom. The number of carbonyl (C=O) groups is 1. The summed E-state index contributed by atoms with van der Waals surface area (Å²) in [6.45, 7) is 4.63. The van der Waals surface area contributed by atoms with Crippen LogP contribution in [0.1, 0.15) is 56.4 Å². The molecule has 27 heavy (non-hydrogen) atoms. The third-order valence-corrected chi connectivity index (χ3v) is 6.14. The van der Waals surface area contributed by atoms with E-state index in [9.17, 15) is 4.79 Å². The summed E-state index contributed by atoms with van der Waals surface area (Å²) >= 11 is 0. The Morgan fingerprint density at radius 2 is 1.93 bits per heavy atom. The molecule has 142 valence electrons. The number of hydrogen-bond acceptors (Lipinski definition) is 3. The normalized spacial score (nSPS) is 23.3. The maximum atomic E-state index is 12.6. The predicted octanol–water partition coefficient (Wildman–Crippen LogP) is 5.69. The van der Waals surface area contributed by atoms with E-state index >= 15 is 0 Å². The Bertz CT molecular complexity index is 820. The fourth-order valence-corrected chi connectivity index (χ4v) is 4.32. The Morgan fingerprint density at radius 1 is 1.19 bits per heavy atom. The van der Waals surface area contributed by atoms with Gasteiger partial charge in [0.15, 0.2) is 0 Å². The quantitative estimate of drug-likeness (QED) is 0.488. The van der Waals surface area contributed by atoms with E-state index in [1.54, 1.807) is 6.26 Å². The largest absolute Gasteiger partial charge is 0.469 e. The van der Waals surface area contributed by atoms with Gasteiger partial charge in [-0.1, -0.05) is 55.8 Å². The number of carbonyl (C=O) groups excluding carboxylic acids is 1. The van der Waals surface area contributed by atoms with E-state index < -0.39 is 0 Å². The molecule has 2 aliphatic rings. The van der Waals surface area contributed by atoms with Gasteiger partial charge in [-0.05, 0) is 48.6 Å². The van der Waals surface area contributed by atoms with Crippen LogP contribution >= 0.6 is 0 Å². The molecule has 3 nitrogen and oxygen atoms in total. The molecule has 3 heteroatoms. The van der Waals surface area contributed by atoms with Crippen LogP contribution < -0.4 is 0 Å². The zero-order valence-corrected chi connectivity index (χ0v) is 16.2. The van der Waals surface area contributed by atoms with Crippen LogP contribution in [0.4, 0.5) is 0 Å². The van der Waals surface area contributed by atoms with Gasteiger partial charge in [-0.2, -0.15) is 0 Å². The third-order valence-electron chi connectivity index (χ3n) is 6.14. The lowest BCUT2D eigenvalue weighted by atomic mass is 10.1. The van der Waals surface area contributed by atoms with Crippen molar-refractivity contribution in [1.29, 1.82) is 0 Å². The van der Waals surface area contributed by atoms with E-state index in [4.69, 9.17) is 9.15 Å². The molecule has 0 aliphatic heterocycles. The van der Waals surface area contributed by atoms with Gasteiger partial charge in [-0.15, -0.1) is 0 Å². The minimum Gasteiger partial charge on any atom is -0.469 e. The van der Waals surface area contributed by atoms with Crippen LogP contribution in [0.2, 0.25) is 0 Å². The molecule has 0 spiro atoms. The molecule has 1 aromatic heterocycles. The summed E-state index contributed by atoms with van der Waals surface area (Å²) in [5.41, 5.74) is 3.67. The van der Waals surface area contributed by atoms with E-state index in [-0.39, 0.29) is 23.9 Å². The fourth-order valence-electron chi connectivity index (χ4n) is 4.32. The smallest absolute Gasteiger partial charge is 0.310 e. The first-order chi connectivity index (χ1) is 13.0. The van der Waals surface area contributed by atoms with E-state index in [1.807, 2.05) is 24.3 Å². The van der Waals surface area contributed by atoms with Crippen LogP contribution in [-0.2, 0) is 22.6 Å². The van der Waals surface area contributed by atoms with Gasteiger partial charge >= 0.3 is 5.97 Å². The van der Waals surface area contributed by atoms with Gasteiger partial charge in [-0.25, -0.2) is 0 Å². The molecule has 2 fully saturated rings. The van der Waals surface area contributed by atoms with Crippen LogP contribution in [0.25, 0.3) is 0 Å². The summed E-state index contributed by atoms with van der Waals surface area (Å²) < 4.78 is 11.2. The maximum absolute atomic E-state index is 12.6. The molecule has 1 aromatic carbocycles. The van der Waals surface area contributed by atoms with E-state index in [1.165, 1.54) is 36.8 Å². The van der Waals surface area contributed by atoms with E-state index in [0.717, 1.165) is 17.7 Å². The van der Waals surface area contributed by atoms with Gasteiger partial charge in [0.05, 0.1) is 12.2 Å². The Kier molecular flexibility index (Phi) is 4.94. The highest BCUT2D eigenvalue weighted by Crippen LogP contribution is 2.60. The average molecular weight is 364 g/mol. The van der Waals surface area contributed by atoms with E-state index in [2.05, 4.69) is 32.1 Å². The highest BCUT2D eigenvalue weighted by molar-refractivity contribution is 5.78. The molecule has 2 atom stereocenters. The van der Waals surface area contributed by atoms with Gasteiger partial charge in [0, 0.05) is 12.0 Å². The Balaban J connectivity index is 1.31. The molecule has 0 bridgehead atoms. The van der Waals surface area contributed by atoms with Crippen molar-refractivity contribution in [3.63, 3.8) is 0 Å². The minimum atomic E-state index is -0.0781. The molecule has 0 saturated heterocycles. The average Bonchev–Trinajstić information content (AvgIpc) is 3.10. The van der Waals surface area contributed by atoms with Crippen molar-refractivity contribution >= 4 is 5.97 Å². The molecule has 0 radical (unpaired) electrons. The second-order valence-corrected chi connectivity index (χ2v) is 8.55. The number of furan rings is 1. The number of rotatable bonds is 6. The van der Waals surface area contributed by atoms with Crippen molar-refractivity contribution in [3.8, 4) is 0 Å². The molecule has 1 heterocycles. The predicted molar refractivity (Wildman–Crippen MR) is 105 cm³/mol. The van der Waals surface area contributed by atoms with Crippen molar-refractivity contribution in [2.24, 2.45) is 17.3 Å². The van der Waals surface area contributed by atoms with Crippen molar-refractivity contribution in [2.45, 2.75) is 52.6 Å². The topological polar surface area (TPSA) is 39.4 Å². The summed E-state index contributed by atoms with van der Waals surface area (Å²) in [5.74, 6) is 1.13. The SMILES string of the molecule is CC1(C)C(C=C2CCCC2)C1C(=O)OCc1coc(Cc2ccccc2)c1. The second-order valence-electron chi connectivity index (χ2n) is 8.55. The van der Waals surface area contributed by atoms with Crippen molar-refractivity contribution in [1.82, 2.24) is 0 Å². The van der Waals surface area contributed by atoms with Crippen LogP contribution in [-0.4, -0.2) is 5.97 Å². The maximum Gasteiger partial charge on any atom is 0.310 e. The highest BCUT2D eigenvalue weighted by Gasteiger charge is 2.61. The first kappa shape index (κ1) is 18.1. The number of hydrogen-bond donors (Lipinski definition) is 0. The zero-order chi connectivity index (χ0) is 18.9. The van der Waals surface area contributed by atoms with Gasteiger partial charge in [0.25, 0.3) is 0 Å². The second kappa shape index (κ2) is 7.38. The molecule has 4 rings (SSSR count). The first-order valence-electron chi connectivity index (χ1n) is 10.0. The van der Waals surface area contributed by atoms with E-state index in [0.29, 0.717) is 5.92 Å². The summed E-state index contributed by atoms with van der Waals surface area (Å²) in [7, 11) is 0. The van der Waals surface area contributed by atoms with Gasteiger partial charge < -0.3 is 9.15 Å². The zero-order valence-electron chi connectivity index (χ0n) is 16.2. The number of esters is 1. The molecule has 0 N–H and O–H groups in total. The minimum absolute atomic E-state index is 0.0127. The lowest BCUT2D eigenvalue weighted by molar-refractivity contribution is -0.147. The van der Waals surface area contributed by atoms with Crippen molar-refractivity contribution < 1.29 is 13.9 Å². The molecular formula is C24H28O3. The number of allylic oxidation sites excluding steroid dienone is 2. The third kappa shape index (κ3) is 4.02. The number of benzene rings is 1. The molecular weight excluding hydrogens is 336 g/mol. The van der Waals surface area contributed by atoms with Gasteiger partial charge in [-0.3, -0.25) is 4.79 Å². The summed E-state index contributed by atoms with van der Waals surface area (Å²) in [5, 5.41) is 0.